The minimum absolute atomic E-state index is 0.00401. The number of carbonyl (C=O) groups excluding carboxylic acids is 2. The number of ketones is 1. The quantitative estimate of drug-likeness (QED) is 0.274. The zero-order valence-corrected chi connectivity index (χ0v) is 16.5. The SMILES string of the molecule is O=C(CN(CCCO)CCCO)Nc1ccc([N+](=O)[O-])cc1C(=O)c1ccccc1. The molecule has 0 unspecified atom stereocenters. The highest BCUT2D eigenvalue weighted by molar-refractivity contribution is 6.14. The number of nitrogens with zero attached hydrogens (tertiary/aromatic N) is 2. The number of nitro groups is 1. The van der Waals surface area contributed by atoms with Gasteiger partial charge in [0.15, 0.2) is 5.78 Å². The van der Waals surface area contributed by atoms with Crippen LogP contribution in [0.5, 0.6) is 0 Å². The Balaban J connectivity index is 2.23. The monoisotopic (exact) mass is 415 g/mol. The summed E-state index contributed by atoms with van der Waals surface area (Å²) in [5.41, 5.74) is 0.311. The predicted octanol–water partition coefficient (Wildman–Crippen LogP) is 1.83. The molecule has 0 aliphatic heterocycles. The van der Waals surface area contributed by atoms with Crippen molar-refractivity contribution in [3.8, 4) is 0 Å². The van der Waals surface area contributed by atoms with E-state index in [-0.39, 0.29) is 36.7 Å². The van der Waals surface area contributed by atoms with Crippen LogP contribution in [0, 0.1) is 10.1 Å². The number of hydrogen-bond acceptors (Lipinski definition) is 7. The second-order valence-electron chi connectivity index (χ2n) is 6.66. The van der Waals surface area contributed by atoms with Crippen LogP contribution < -0.4 is 5.32 Å². The van der Waals surface area contributed by atoms with Crippen molar-refractivity contribution >= 4 is 23.1 Å². The zero-order valence-electron chi connectivity index (χ0n) is 16.5. The van der Waals surface area contributed by atoms with Crippen molar-refractivity contribution in [2.75, 3.05) is 38.2 Å². The molecule has 0 heterocycles. The fourth-order valence-electron chi connectivity index (χ4n) is 2.94. The number of nitrogens with one attached hydrogen (secondary N) is 1. The van der Waals surface area contributed by atoms with Crippen LogP contribution in [0.15, 0.2) is 48.5 Å². The van der Waals surface area contributed by atoms with Crippen molar-refractivity contribution < 1.29 is 24.7 Å². The minimum Gasteiger partial charge on any atom is -0.396 e. The van der Waals surface area contributed by atoms with Gasteiger partial charge in [0.2, 0.25) is 5.91 Å². The molecular formula is C21H25N3O6. The molecule has 0 atom stereocenters. The number of anilines is 1. The molecule has 160 valence electrons. The van der Waals surface area contributed by atoms with Gasteiger partial charge < -0.3 is 15.5 Å². The molecule has 0 spiro atoms. The Bertz CT molecular complexity index is 864. The number of aliphatic hydroxyl groups is 2. The van der Waals surface area contributed by atoms with E-state index in [2.05, 4.69) is 5.32 Å². The Morgan fingerprint density at radius 1 is 1.00 bits per heavy atom. The first-order chi connectivity index (χ1) is 14.5. The Morgan fingerprint density at radius 2 is 1.63 bits per heavy atom. The summed E-state index contributed by atoms with van der Waals surface area (Å²) in [6.07, 6.45) is 0.960. The number of carbonyl (C=O) groups is 2. The molecule has 9 nitrogen and oxygen atoms in total. The van der Waals surface area contributed by atoms with Gasteiger partial charge in [0.1, 0.15) is 0 Å². The van der Waals surface area contributed by atoms with E-state index < -0.39 is 16.6 Å². The van der Waals surface area contributed by atoms with Crippen molar-refractivity contribution in [2.45, 2.75) is 12.8 Å². The lowest BCUT2D eigenvalue weighted by Crippen LogP contribution is -2.35. The smallest absolute Gasteiger partial charge is 0.270 e. The van der Waals surface area contributed by atoms with E-state index in [1.165, 1.54) is 12.1 Å². The first-order valence-electron chi connectivity index (χ1n) is 9.58. The van der Waals surface area contributed by atoms with Crippen molar-refractivity contribution in [1.29, 1.82) is 0 Å². The second kappa shape index (κ2) is 11.8. The summed E-state index contributed by atoms with van der Waals surface area (Å²) in [6.45, 7) is 0.903. The van der Waals surface area contributed by atoms with Gasteiger partial charge in [-0.1, -0.05) is 30.3 Å². The molecule has 2 aromatic carbocycles. The topological polar surface area (TPSA) is 133 Å². The maximum absolute atomic E-state index is 12.9. The third-order valence-electron chi connectivity index (χ3n) is 4.40. The molecule has 0 bridgehead atoms. The first-order valence-corrected chi connectivity index (χ1v) is 9.58. The molecule has 1 amide bonds. The highest BCUT2D eigenvalue weighted by Gasteiger charge is 2.20. The molecular weight excluding hydrogens is 390 g/mol. The molecule has 2 rings (SSSR count). The van der Waals surface area contributed by atoms with Crippen LogP contribution >= 0.6 is 0 Å². The average Bonchev–Trinajstić information content (AvgIpc) is 2.75. The highest BCUT2D eigenvalue weighted by Crippen LogP contribution is 2.25. The maximum Gasteiger partial charge on any atom is 0.270 e. The summed E-state index contributed by atoms with van der Waals surface area (Å²) < 4.78 is 0. The lowest BCUT2D eigenvalue weighted by molar-refractivity contribution is -0.384. The van der Waals surface area contributed by atoms with Gasteiger partial charge in [0, 0.05) is 44.0 Å². The van der Waals surface area contributed by atoms with Crippen molar-refractivity contribution in [3.05, 3.63) is 69.8 Å². The number of hydrogen-bond donors (Lipinski definition) is 3. The van der Waals surface area contributed by atoms with Crippen LogP contribution in [-0.2, 0) is 4.79 Å². The van der Waals surface area contributed by atoms with E-state index in [1.54, 1.807) is 35.2 Å². The molecule has 3 N–H and O–H groups in total. The van der Waals surface area contributed by atoms with Crippen LogP contribution in [-0.4, -0.2) is 64.6 Å². The predicted molar refractivity (Wildman–Crippen MR) is 111 cm³/mol. The third-order valence-corrected chi connectivity index (χ3v) is 4.40. The molecule has 0 fully saturated rings. The largest absolute Gasteiger partial charge is 0.396 e. The molecule has 0 saturated heterocycles. The number of non-ortho nitro benzene ring substituents is 1. The fraction of sp³-hybridized carbons (Fsp3) is 0.333. The van der Waals surface area contributed by atoms with Gasteiger partial charge in [-0.25, -0.2) is 0 Å². The highest BCUT2D eigenvalue weighted by atomic mass is 16.6. The van der Waals surface area contributed by atoms with Gasteiger partial charge in [-0.15, -0.1) is 0 Å². The molecule has 0 saturated carbocycles. The summed E-state index contributed by atoms with van der Waals surface area (Å²) in [5.74, 6) is -0.839. The van der Waals surface area contributed by atoms with E-state index >= 15 is 0 Å². The molecule has 0 radical (unpaired) electrons. The molecule has 0 aliphatic rings. The van der Waals surface area contributed by atoms with Crippen LogP contribution in [0.3, 0.4) is 0 Å². The van der Waals surface area contributed by atoms with E-state index in [0.29, 0.717) is 31.5 Å². The van der Waals surface area contributed by atoms with Gasteiger partial charge >= 0.3 is 0 Å². The van der Waals surface area contributed by atoms with Gasteiger partial charge in [0.05, 0.1) is 22.7 Å². The molecule has 9 heteroatoms. The Kier molecular flexibility index (Phi) is 9.07. The summed E-state index contributed by atoms with van der Waals surface area (Å²) in [5, 5.41) is 31.8. The fourth-order valence-corrected chi connectivity index (χ4v) is 2.94. The number of rotatable bonds is 12. The number of benzene rings is 2. The second-order valence-corrected chi connectivity index (χ2v) is 6.66. The summed E-state index contributed by atoms with van der Waals surface area (Å²) in [6, 6.07) is 12.0. The van der Waals surface area contributed by atoms with Crippen LogP contribution in [0.25, 0.3) is 0 Å². The Morgan fingerprint density at radius 3 is 2.20 bits per heavy atom. The van der Waals surface area contributed by atoms with Crippen LogP contribution in [0.4, 0.5) is 11.4 Å². The van der Waals surface area contributed by atoms with Gasteiger partial charge in [-0.3, -0.25) is 24.6 Å². The molecule has 2 aromatic rings. The van der Waals surface area contributed by atoms with Gasteiger partial charge in [-0.05, 0) is 18.9 Å². The third kappa shape index (κ3) is 6.73. The summed E-state index contributed by atoms with van der Waals surface area (Å²) >= 11 is 0. The standard InChI is InChI=1S/C21H25N3O6/c25-12-4-10-23(11-5-13-26)15-20(27)22-19-9-8-17(24(29)30)14-18(19)21(28)16-6-2-1-3-7-16/h1-3,6-9,14,25-26H,4-5,10-13,15H2,(H,22,27). The Hall–Kier alpha value is -3.14. The lowest BCUT2D eigenvalue weighted by atomic mass is 10.0. The number of nitro benzene ring substituents is 1. The van der Waals surface area contributed by atoms with Crippen LogP contribution in [0.1, 0.15) is 28.8 Å². The van der Waals surface area contributed by atoms with E-state index in [0.717, 1.165) is 6.07 Å². The average molecular weight is 415 g/mol. The maximum atomic E-state index is 12.9. The zero-order chi connectivity index (χ0) is 21.9. The Labute approximate surface area is 174 Å². The first kappa shape index (κ1) is 23.1. The van der Waals surface area contributed by atoms with E-state index in [9.17, 15) is 19.7 Å². The van der Waals surface area contributed by atoms with Crippen molar-refractivity contribution in [2.24, 2.45) is 0 Å². The number of aliphatic hydroxyl groups excluding tert-OH is 2. The van der Waals surface area contributed by atoms with Gasteiger partial charge in [0.25, 0.3) is 5.69 Å². The lowest BCUT2D eigenvalue weighted by Gasteiger charge is -2.21. The van der Waals surface area contributed by atoms with Gasteiger partial charge in [-0.2, -0.15) is 0 Å². The summed E-state index contributed by atoms with van der Waals surface area (Å²) in [7, 11) is 0. The van der Waals surface area contributed by atoms with Crippen molar-refractivity contribution in [1.82, 2.24) is 4.90 Å². The molecule has 0 aromatic heterocycles. The van der Waals surface area contributed by atoms with E-state index in [4.69, 9.17) is 10.2 Å². The molecule has 0 aliphatic carbocycles. The van der Waals surface area contributed by atoms with Crippen LogP contribution in [0.2, 0.25) is 0 Å². The number of amides is 1. The van der Waals surface area contributed by atoms with Crippen molar-refractivity contribution in [3.63, 3.8) is 0 Å². The summed E-state index contributed by atoms with van der Waals surface area (Å²) in [4.78, 5) is 37.8. The molecule has 30 heavy (non-hydrogen) atoms. The normalized spacial score (nSPS) is 10.8. The minimum atomic E-state index is -0.598. The van der Waals surface area contributed by atoms with E-state index in [1.807, 2.05) is 0 Å².